The molecule has 2 aromatic rings. The monoisotopic (exact) mass is 471 g/mol. The molecule has 0 bridgehead atoms. The zero-order valence-electron chi connectivity index (χ0n) is 19.7. The van der Waals surface area contributed by atoms with Crippen LogP contribution in [0.15, 0.2) is 47.4 Å². The van der Waals surface area contributed by atoms with Crippen molar-refractivity contribution in [3.05, 3.63) is 59.2 Å². The fraction of sp³-hybridized carbons (Fsp3) is 0.440. The molecular weight excluding hydrogens is 438 g/mol. The smallest absolute Gasteiger partial charge is 0.243 e. The molecule has 0 aromatic heterocycles. The van der Waals surface area contributed by atoms with Crippen LogP contribution >= 0.6 is 0 Å². The zero-order chi connectivity index (χ0) is 24.2. The summed E-state index contributed by atoms with van der Waals surface area (Å²) >= 11 is 0. The first kappa shape index (κ1) is 24.9. The normalized spacial score (nSPS) is 15.4. The molecule has 7 nitrogen and oxygen atoms in total. The van der Waals surface area contributed by atoms with E-state index >= 15 is 0 Å². The lowest BCUT2D eigenvalue weighted by Crippen LogP contribution is -2.42. The standard InChI is InChI=1S/C25H33N3O4S/c1-17(2)24(29)27-22-7-5-6-20(15-22)16-26-25(30)21-10-12-28(13-11-21)33(31,32)23-9-8-18(3)19(4)14-23/h5-9,14-15,17,21H,10-13,16H2,1-4H3,(H,26,30)(H,27,29). The van der Waals surface area contributed by atoms with E-state index < -0.39 is 10.0 Å². The van der Waals surface area contributed by atoms with Gasteiger partial charge in [-0.25, -0.2) is 8.42 Å². The average molecular weight is 472 g/mol. The first-order valence-corrected chi connectivity index (χ1v) is 12.8. The van der Waals surface area contributed by atoms with Gasteiger partial charge in [0, 0.05) is 37.2 Å². The highest BCUT2D eigenvalue weighted by molar-refractivity contribution is 7.89. The molecule has 1 heterocycles. The third kappa shape index (κ3) is 6.21. The fourth-order valence-electron chi connectivity index (χ4n) is 3.76. The molecular formula is C25H33N3O4S. The van der Waals surface area contributed by atoms with Crippen LogP contribution in [0.1, 0.15) is 43.4 Å². The van der Waals surface area contributed by atoms with Gasteiger partial charge in [-0.3, -0.25) is 9.59 Å². The van der Waals surface area contributed by atoms with Gasteiger partial charge in [0.15, 0.2) is 0 Å². The molecule has 178 valence electrons. The topological polar surface area (TPSA) is 95.6 Å². The molecule has 1 aliphatic heterocycles. The highest BCUT2D eigenvalue weighted by Crippen LogP contribution is 2.25. The second kappa shape index (κ2) is 10.5. The SMILES string of the molecule is Cc1ccc(S(=O)(=O)N2CCC(C(=O)NCc3cccc(NC(=O)C(C)C)c3)CC2)cc1C. The molecule has 2 amide bonds. The second-order valence-corrected chi connectivity index (χ2v) is 10.9. The number of amides is 2. The lowest BCUT2D eigenvalue weighted by molar-refractivity contribution is -0.126. The first-order valence-electron chi connectivity index (χ1n) is 11.3. The maximum Gasteiger partial charge on any atom is 0.243 e. The van der Waals surface area contributed by atoms with Crippen LogP contribution in [0.4, 0.5) is 5.69 Å². The van der Waals surface area contributed by atoms with Gasteiger partial charge in [0.05, 0.1) is 4.90 Å². The summed E-state index contributed by atoms with van der Waals surface area (Å²) in [4.78, 5) is 24.9. The highest BCUT2D eigenvalue weighted by atomic mass is 32.2. The van der Waals surface area contributed by atoms with Crippen LogP contribution in [0.25, 0.3) is 0 Å². The van der Waals surface area contributed by atoms with Crippen molar-refractivity contribution >= 4 is 27.5 Å². The van der Waals surface area contributed by atoms with Gasteiger partial charge in [-0.2, -0.15) is 4.31 Å². The van der Waals surface area contributed by atoms with Gasteiger partial charge in [0.2, 0.25) is 21.8 Å². The average Bonchev–Trinajstić information content (AvgIpc) is 2.79. The third-order valence-electron chi connectivity index (χ3n) is 6.13. The number of piperidine rings is 1. The van der Waals surface area contributed by atoms with Crippen molar-refractivity contribution in [2.45, 2.75) is 52.0 Å². The minimum atomic E-state index is -3.56. The molecule has 33 heavy (non-hydrogen) atoms. The number of anilines is 1. The van der Waals surface area contributed by atoms with E-state index in [1.807, 2.05) is 58.0 Å². The van der Waals surface area contributed by atoms with Gasteiger partial charge in [-0.15, -0.1) is 0 Å². The van der Waals surface area contributed by atoms with Crippen LogP contribution in [0.5, 0.6) is 0 Å². The molecule has 1 saturated heterocycles. The van der Waals surface area contributed by atoms with Crippen molar-refractivity contribution in [3.63, 3.8) is 0 Å². The van der Waals surface area contributed by atoms with Crippen molar-refractivity contribution in [3.8, 4) is 0 Å². The predicted octanol–water partition coefficient (Wildman–Crippen LogP) is 3.62. The number of rotatable bonds is 7. The fourth-order valence-corrected chi connectivity index (χ4v) is 5.32. The van der Waals surface area contributed by atoms with Gasteiger partial charge in [0.25, 0.3) is 0 Å². The summed E-state index contributed by atoms with van der Waals surface area (Å²) in [5.41, 5.74) is 3.58. The molecule has 0 radical (unpaired) electrons. The van der Waals surface area contributed by atoms with Crippen LogP contribution in [-0.2, 0) is 26.2 Å². The number of hydrogen-bond donors (Lipinski definition) is 2. The molecule has 8 heteroatoms. The summed E-state index contributed by atoms with van der Waals surface area (Å²) < 4.78 is 27.4. The van der Waals surface area contributed by atoms with Crippen molar-refractivity contribution in [1.29, 1.82) is 0 Å². The molecule has 3 rings (SSSR count). The number of carbonyl (C=O) groups excluding carboxylic acids is 2. The lowest BCUT2D eigenvalue weighted by Gasteiger charge is -2.30. The third-order valence-corrected chi connectivity index (χ3v) is 8.02. The number of carbonyl (C=O) groups is 2. The Morgan fingerprint density at radius 2 is 1.73 bits per heavy atom. The van der Waals surface area contributed by atoms with Crippen LogP contribution in [-0.4, -0.2) is 37.6 Å². The Bertz CT molecular complexity index is 1120. The van der Waals surface area contributed by atoms with E-state index in [0.29, 0.717) is 43.1 Å². The summed E-state index contributed by atoms with van der Waals surface area (Å²) in [5, 5.41) is 5.81. The molecule has 1 aliphatic rings. The summed E-state index contributed by atoms with van der Waals surface area (Å²) in [5.74, 6) is -0.466. The van der Waals surface area contributed by atoms with E-state index in [9.17, 15) is 18.0 Å². The first-order chi connectivity index (χ1) is 15.6. The van der Waals surface area contributed by atoms with E-state index in [-0.39, 0.29) is 23.7 Å². The van der Waals surface area contributed by atoms with E-state index in [0.717, 1.165) is 16.7 Å². The number of nitrogens with zero attached hydrogens (tertiary/aromatic N) is 1. The minimum Gasteiger partial charge on any atom is -0.352 e. The maximum atomic E-state index is 13.0. The van der Waals surface area contributed by atoms with Crippen LogP contribution in [0.2, 0.25) is 0 Å². The molecule has 0 aliphatic carbocycles. The van der Waals surface area contributed by atoms with E-state index in [2.05, 4.69) is 10.6 Å². The lowest BCUT2D eigenvalue weighted by atomic mass is 9.97. The molecule has 2 N–H and O–H groups in total. The Labute approximate surface area is 196 Å². The van der Waals surface area contributed by atoms with Gasteiger partial charge in [-0.1, -0.05) is 32.0 Å². The largest absolute Gasteiger partial charge is 0.352 e. The Morgan fingerprint density at radius 3 is 2.36 bits per heavy atom. The van der Waals surface area contributed by atoms with E-state index in [4.69, 9.17) is 0 Å². The van der Waals surface area contributed by atoms with Crippen molar-refractivity contribution in [2.75, 3.05) is 18.4 Å². The number of nitrogens with one attached hydrogen (secondary N) is 2. The van der Waals surface area contributed by atoms with Gasteiger partial charge in [-0.05, 0) is 67.6 Å². The summed E-state index contributed by atoms with van der Waals surface area (Å²) in [6.07, 6.45) is 0.973. The van der Waals surface area contributed by atoms with Crippen molar-refractivity contribution < 1.29 is 18.0 Å². The quantitative estimate of drug-likeness (QED) is 0.645. The molecule has 1 fully saturated rings. The number of sulfonamides is 1. The van der Waals surface area contributed by atoms with E-state index in [1.165, 1.54) is 4.31 Å². The van der Waals surface area contributed by atoms with Gasteiger partial charge >= 0.3 is 0 Å². The number of hydrogen-bond acceptors (Lipinski definition) is 4. The second-order valence-electron chi connectivity index (χ2n) is 8.99. The van der Waals surface area contributed by atoms with Crippen molar-refractivity contribution in [1.82, 2.24) is 9.62 Å². The highest BCUT2D eigenvalue weighted by Gasteiger charge is 2.32. The number of benzene rings is 2. The molecule has 2 aromatic carbocycles. The zero-order valence-corrected chi connectivity index (χ0v) is 20.5. The minimum absolute atomic E-state index is 0.0568. The molecule has 0 unspecified atom stereocenters. The Balaban J connectivity index is 1.53. The molecule has 0 saturated carbocycles. The van der Waals surface area contributed by atoms with Crippen LogP contribution in [0, 0.1) is 25.7 Å². The predicted molar refractivity (Wildman–Crippen MR) is 129 cm³/mol. The molecule has 0 atom stereocenters. The number of aryl methyl sites for hydroxylation is 2. The summed E-state index contributed by atoms with van der Waals surface area (Å²) in [6.45, 7) is 8.52. The Hall–Kier alpha value is -2.71. The summed E-state index contributed by atoms with van der Waals surface area (Å²) in [7, 11) is -3.56. The van der Waals surface area contributed by atoms with Crippen molar-refractivity contribution in [2.24, 2.45) is 11.8 Å². The van der Waals surface area contributed by atoms with Crippen LogP contribution in [0.3, 0.4) is 0 Å². The molecule has 0 spiro atoms. The van der Waals surface area contributed by atoms with Crippen LogP contribution < -0.4 is 10.6 Å². The van der Waals surface area contributed by atoms with Gasteiger partial charge in [0.1, 0.15) is 0 Å². The maximum absolute atomic E-state index is 13.0. The van der Waals surface area contributed by atoms with Gasteiger partial charge < -0.3 is 10.6 Å². The Kier molecular flexibility index (Phi) is 7.92. The van der Waals surface area contributed by atoms with E-state index in [1.54, 1.807) is 12.1 Å². The summed E-state index contributed by atoms with van der Waals surface area (Å²) in [6, 6.07) is 12.6. The Morgan fingerprint density at radius 1 is 1.03 bits per heavy atom.